The lowest BCUT2D eigenvalue weighted by molar-refractivity contribution is -0.118. The minimum Gasteiger partial charge on any atom is -0.359 e. The van der Waals surface area contributed by atoms with E-state index in [1.807, 2.05) is 6.07 Å². The van der Waals surface area contributed by atoms with Crippen LogP contribution in [0.4, 0.5) is 0 Å². The Kier molecular flexibility index (Phi) is 7.86. The van der Waals surface area contributed by atoms with E-state index >= 15 is 0 Å². The van der Waals surface area contributed by atoms with E-state index in [4.69, 9.17) is 0 Å². The third-order valence-corrected chi connectivity index (χ3v) is 2.09. The first-order valence-corrected chi connectivity index (χ1v) is 5.53. The Hall–Kier alpha value is -1.57. The molecular formula is C14H21NO. The SMILES string of the molecule is C=C(CCC)c1ccccc1.CNC(C)=O. The van der Waals surface area contributed by atoms with Gasteiger partial charge in [0.25, 0.3) is 0 Å². The van der Waals surface area contributed by atoms with Gasteiger partial charge in [0.15, 0.2) is 0 Å². The molecule has 2 nitrogen and oxygen atoms in total. The monoisotopic (exact) mass is 219 g/mol. The molecule has 88 valence electrons. The van der Waals surface area contributed by atoms with Gasteiger partial charge in [0.1, 0.15) is 0 Å². The third-order valence-electron chi connectivity index (χ3n) is 2.09. The van der Waals surface area contributed by atoms with Crippen LogP contribution in [0.3, 0.4) is 0 Å². The van der Waals surface area contributed by atoms with Gasteiger partial charge in [0.2, 0.25) is 5.91 Å². The van der Waals surface area contributed by atoms with E-state index in [1.165, 1.54) is 24.5 Å². The fourth-order valence-electron chi connectivity index (χ4n) is 1.12. The van der Waals surface area contributed by atoms with Crippen LogP contribution in [0.5, 0.6) is 0 Å². The van der Waals surface area contributed by atoms with Crippen LogP contribution >= 0.6 is 0 Å². The molecule has 0 heterocycles. The van der Waals surface area contributed by atoms with Crippen molar-refractivity contribution in [1.82, 2.24) is 5.32 Å². The minimum absolute atomic E-state index is 0.00463. The van der Waals surface area contributed by atoms with Crippen LogP contribution in [-0.4, -0.2) is 13.0 Å². The molecule has 0 aliphatic rings. The highest BCUT2D eigenvalue weighted by molar-refractivity contribution is 5.72. The van der Waals surface area contributed by atoms with E-state index in [1.54, 1.807) is 7.05 Å². The van der Waals surface area contributed by atoms with Gasteiger partial charge in [0.05, 0.1) is 0 Å². The van der Waals surface area contributed by atoms with Crippen LogP contribution in [0.2, 0.25) is 0 Å². The largest absolute Gasteiger partial charge is 0.359 e. The summed E-state index contributed by atoms with van der Waals surface area (Å²) in [5, 5.41) is 2.39. The van der Waals surface area contributed by atoms with E-state index in [-0.39, 0.29) is 5.91 Å². The zero-order valence-corrected chi connectivity index (χ0v) is 10.4. The summed E-state index contributed by atoms with van der Waals surface area (Å²) < 4.78 is 0. The first kappa shape index (κ1) is 14.4. The molecule has 1 N–H and O–H groups in total. The molecule has 0 fully saturated rings. The predicted octanol–water partition coefficient (Wildman–Crippen LogP) is 3.25. The maximum atomic E-state index is 9.70. The number of rotatable bonds is 3. The van der Waals surface area contributed by atoms with Crippen LogP contribution < -0.4 is 5.32 Å². The van der Waals surface area contributed by atoms with Crippen LogP contribution in [0, 0.1) is 0 Å². The zero-order chi connectivity index (χ0) is 12.4. The number of amides is 1. The maximum absolute atomic E-state index is 9.70. The van der Waals surface area contributed by atoms with Gasteiger partial charge in [-0.1, -0.05) is 50.3 Å². The highest BCUT2D eigenvalue weighted by Gasteiger charge is 1.94. The molecule has 1 aromatic rings. The first-order valence-electron chi connectivity index (χ1n) is 5.53. The molecule has 0 saturated heterocycles. The Morgan fingerprint density at radius 3 is 2.19 bits per heavy atom. The van der Waals surface area contributed by atoms with Crippen molar-refractivity contribution < 1.29 is 4.79 Å². The molecule has 1 aromatic carbocycles. The molecular weight excluding hydrogens is 198 g/mol. The normalized spacial score (nSPS) is 8.69. The van der Waals surface area contributed by atoms with Gasteiger partial charge in [-0.15, -0.1) is 0 Å². The van der Waals surface area contributed by atoms with E-state index in [2.05, 4.69) is 43.1 Å². The van der Waals surface area contributed by atoms with Crippen molar-refractivity contribution in [3.63, 3.8) is 0 Å². The summed E-state index contributed by atoms with van der Waals surface area (Å²) in [5.41, 5.74) is 2.52. The van der Waals surface area contributed by atoms with E-state index in [0.717, 1.165) is 6.42 Å². The summed E-state index contributed by atoms with van der Waals surface area (Å²) in [4.78, 5) is 9.70. The van der Waals surface area contributed by atoms with Gasteiger partial charge in [-0.2, -0.15) is 0 Å². The standard InChI is InChI=1S/C11H14.C3H7NO/c1-3-7-10(2)11-8-5-4-6-9-11;1-3(5)4-2/h4-6,8-9H,2-3,7H2,1H3;1-2H3,(H,4,5). The Labute approximate surface area is 98.4 Å². The second kappa shape index (κ2) is 8.72. The van der Waals surface area contributed by atoms with Crippen LogP contribution in [-0.2, 0) is 4.79 Å². The van der Waals surface area contributed by atoms with Crippen molar-refractivity contribution in [2.45, 2.75) is 26.7 Å². The van der Waals surface area contributed by atoms with Crippen molar-refractivity contribution in [1.29, 1.82) is 0 Å². The average molecular weight is 219 g/mol. The molecule has 16 heavy (non-hydrogen) atoms. The molecule has 0 aliphatic heterocycles. The Morgan fingerprint density at radius 1 is 1.31 bits per heavy atom. The quantitative estimate of drug-likeness (QED) is 0.830. The first-order chi connectivity index (χ1) is 7.61. The highest BCUT2D eigenvalue weighted by atomic mass is 16.1. The third kappa shape index (κ3) is 6.82. The fourth-order valence-corrected chi connectivity index (χ4v) is 1.12. The smallest absolute Gasteiger partial charge is 0.216 e. The molecule has 1 rings (SSSR count). The average Bonchev–Trinajstić information content (AvgIpc) is 2.31. The molecule has 2 heteroatoms. The number of carbonyl (C=O) groups is 1. The zero-order valence-electron chi connectivity index (χ0n) is 10.4. The van der Waals surface area contributed by atoms with Crippen LogP contribution in [0.15, 0.2) is 36.9 Å². The van der Waals surface area contributed by atoms with Crippen molar-refractivity contribution >= 4 is 11.5 Å². The lowest BCUT2D eigenvalue weighted by Crippen LogP contribution is -2.11. The number of nitrogens with one attached hydrogen (secondary N) is 1. The topological polar surface area (TPSA) is 29.1 Å². The van der Waals surface area contributed by atoms with E-state index in [9.17, 15) is 4.79 Å². The summed E-state index contributed by atoms with van der Waals surface area (Å²) in [5.74, 6) is 0.00463. The molecule has 0 unspecified atom stereocenters. The van der Waals surface area contributed by atoms with Crippen molar-refractivity contribution in [2.75, 3.05) is 7.05 Å². The molecule has 0 aromatic heterocycles. The van der Waals surface area contributed by atoms with Crippen LogP contribution in [0.25, 0.3) is 5.57 Å². The molecule has 1 amide bonds. The molecule has 0 bridgehead atoms. The predicted molar refractivity (Wildman–Crippen MR) is 70.1 cm³/mol. The van der Waals surface area contributed by atoms with E-state index < -0.39 is 0 Å². The second-order valence-corrected chi connectivity index (χ2v) is 3.53. The summed E-state index contributed by atoms with van der Waals surface area (Å²) in [6, 6.07) is 10.4. The Bertz CT molecular complexity index is 317. The van der Waals surface area contributed by atoms with Gasteiger partial charge < -0.3 is 5.32 Å². The molecule has 0 saturated carbocycles. The highest BCUT2D eigenvalue weighted by Crippen LogP contribution is 2.16. The van der Waals surface area contributed by atoms with Crippen molar-refractivity contribution in [3.8, 4) is 0 Å². The maximum Gasteiger partial charge on any atom is 0.216 e. The van der Waals surface area contributed by atoms with E-state index in [0.29, 0.717) is 0 Å². The minimum atomic E-state index is 0.00463. The molecule has 0 atom stereocenters. The van der Waals surface area contributed by atoms with Gasteiger partial charge in [0, 0.05) is 14.0 Å². The molecule has 0 aliphatic carbocycles. The fraction of sp³-hybridized carbons (Fsp3) is 0.357. The van der Waals surface area contributed by atoms with Crippen molar-refractivity contribution in [3.05, 3.63) is 42.5 Å². The molecule has 0 radical (unpaired) electrons. The van der Waals surface area contributed by atoms with Crippen molar-refractivity contribution in [2.24, 2.45) is 0 Å². The van der Waals surface area contributed by atoms with Gasteiger partial charge in [-0.25, -0.2) is 0 Å². The Morgan fingerprint density at radius 2 is 1.81 bits per heavy atom. The summed E-state index contributed by atoms with van der Waals surface area (Å²) in [7, 11) is 1.60. The Balaban J connectivity index is 0.000000385. The lowest BCUT2D eigenvalue weighted by Gasteiger charge is -2.02. The van der Waals surface area contributed by atoms with Gasteiger partial charge in [-0.05, 0) is 17.6 Å². The van der Waals surface area contributed by atoms with Crippen LogP contribution in [0.1, 0.15) is 32.3 Å². The number of benzene rings is 1. The lowest BCUT2D eigenvalue weighted by atomic mass is 10.0. The summed E-state index contributed by atoms with van der Waals surface area (Å²) >= 11 is 0. The van der Waals surface area contributed by atoms with Gasteiger partial charge >= 0.3 is 0 Å². The summed E-state index contributed by atoms with van der Waals surface area (Å²) in [6.45, 7) is 7.66. The van der Waals surface area contributed by atoms with Gasteiger partial charge in [-0.3, -0.25) is 4.79 Å². The number of hydrogen-bond acceptors (Lipinski definition) is 1. The second-order valence-electron chi connectivity index (χ2n) is 3.53. The molecule has 0 spiro atoms. The number of carbonyl (C=O) groups excluding carboxylic acids is 1. The number of hydrogen-bond donors (Lipinski definition) is 1. The summed E-state index contributed by atoms with van der Waals surface area (Å²) in [6.07, 6.45) is 2.28. The number of allylic oxidation sites excluding steroid dienone is 1.